The number of halogens is 1. The zero-order chi connectivity index (χ0) is 13.8. The van der Waals surface area contributed by atoms with Crippen LogP contribution in [0, 0.1) is 5.92 Å². The van der Waals surface area contributed by atoms with Crippen LogP contribution in [0.15, 0.2) is 84.9 Å². The van der Waals surface area contributed by atoms with Crippen LogP contribution in [-0.2, 0) is 21.7 Å². The van der Waals surface area contributed by atoms with Crippen molar-refractivity contribution in [3.8, 4) is 0 Å². The Hall–Kier alpha value is -1.47. The Kier molecular flexibility index (Phi) is 5.70. The average Bonchev–Trinajstić information content (AvgIpc) is 2.52. The van der Waals surface area contributed by atoms with Gasteiger partial charge >= 0.3 is 0 Å². The third kappa shape index (κ3) is 3.60. The van der Waals surface area contributed by atoms with Crippen LogP contribution in [0.5, 0.6) is 0 Å². The maximum absolute atomic E-state index is 6.40. The Balaban J connectivity index is 0.00000161. The summed E-state index contributed by atoms with van der Waals surface area (Å²) in [5, 5.41) is 0.773. The summed E-state index contributed by atoms with van der Waals surface area (Å²) >= 11 is 6.40. The normalized spacial score (nSPS) is 9.76. The van der Waals surface area contributed by atoms with Gasteiger partial charge in [0.15, 0.2) is 0 Å². The summed E-state index contributed by atoms with van der Waals surface area (Å²) in [6.07, 6.45) is 0. The number of hydrogen-bond acceptors (Lipinski definition) is 0. The molecule has 0 N–H and O–H groups in total. The van der Waals surface area contributed by atoms with E-state index in [1.165, 1.54) is 11.1 Å². The number of hydrogen-bond donors (Lipinski definition) is 0. The minimum Gasteiger partial charge on any atom is -0.119 e. The third-order valence-electron chi connectivity index (χ3n) is 3.27. The Labute approximate surface area is 145 Å². The average molecular weight is 326 g/mol. The van der Waals surface area contributed by atoms with E-state index in [9.17, 15) is 0 Å². The molecular formula is C19H14ClTi-. The van der Waals surface area contributed by atoms with Crippen molar-refractivity contribution in [3.63, 3.8) is 0 Å². The van der Waals surface area contributed by atoms with Crippen LogP contribution in [0.3, 0.4) is 0 Å². The second-order valence-electron chi connectivity index (χ2n) is 4.59. The summed E-state index contributed by atoms with van der Waals surface area (Å²) in [6, 6.07) is 28.7. The van der Waals surface area contributed by atoms with E-state index in [0.29, 0.717) is 0 Å². The standard InChI is InChI=1S/C19H14Cl.Ti/c20-18-14-8-7-13-17(18)19(15-9-3-1-4-10-15)16-11-5-2-6-12-16;/h1-14H;/q-1;. The SMILES string of the molecule is Clc1ccccc1[C-](c1ccccc1)c1ccccc1.[Ti]. The molecule has 0 aromatic heterocycles. The topological polar surface area (TPSA) is 0 Å². The first-order valence-electron chi connectivity index (χ1n) is 6.59. The van der Waals surface area contributed by atoms with Gasteiger partial charge in [-0.2, -0.15) is 0 Å². The maximum Gasteiger partial charge on any atom is 0.00182 e. The van der Waals surface area contributed by atoms with Gasteiger partial charge in [-0.1, -0.05) is 108 Å². The molecule has 0 bridgehead atoms. The van der Waals surface area contributed by atoms with Crippen molar-refractivity contribution in [2.24, 2.45) is 0 Å². The van der Waals surface area contributed by atoms with Crippen molar-refractivity contribution >= 4 is 11.6 Å². The molecule has 0 heterocycles. The molecule has 21 heavy (non-hydrogen) atoms. The molecule has 2 heteroatoms. The third-order valence-corrected chi connectivity index (χ3v) is 3.60. The molecule has 0 atom stereocenters. The summed E-state index contributed by atoms with van der Waals surface area (Å²) in [4.78, 5) is 0. The second kappa shape index (κ2) is 7.52. The Bertz CT molecular complexity index is 641. The molecule has 0 aliphatic rings. The fourth-order valence-corrected chi connectivity index (χ4v) is 2.58. The maximum atomic E-state index is 6.40. The predicted molar refractivity (Wildman–Crippen MR) is 84.9 cm³/mol. The first-order valence-corrected chi connectivity index (χ1v) is 6.97. The Morgan fingerprint density at radius 1 is 0.571 bits per heavy atom. The summed E-state index contributed by atoms with van der Waals surface area (Å²) in [5.74, 6) is 1.16. The first kappa shape index (κ1) is 15.9. The molecule has 0 fully saturated rings. The second-order valence-corrected chi connectivity index (χ2v) is 4.99. The van der Waals surface area contributed by atoms with Crippen LogP contribution >= 0.6 is 11.6 Å². The molecule has 0 unspecified atom stereocenters. The smallest absolute Gasteiger partial charge is 0.00182 e. The first-order chi connectivity index (χ1) is 9.86. The van der Waals surface area contributed by atoms with E-state index in [1.54, 1.807) is 0 Å². The van der Waals surface area contributed by atoms with Crippen molar-refractivity contribution < 1.29 is 21.7 Å². The zero-order valence-electron chi connectivity index (χ0n) is 11.5. The van der Waals surface area contributed by atoms with E-state index < -0.39 is 0 Å². The molecule has 0 aliphatic carbocycles. The van der Waals surface area contributed by atoms with Crippen molar-refractivity contribution in [1.82, 2.24) is 0 Å². The van der Waals surface area contributed by atoms with Gasteiger partial charge in [-0.15, -0.1) is 11.6 Å². The fraction of sp³-hybridized carbons (Fsp3) is 0. The Morgan fingerprint density at radius 3 is 1.48 bits per heavy atom. The quantitative estimate of drug-likeness (QED) is 0.345. The molecule has 0 spiro atoms. The van der Waals surface area contributed by atoms with Gasteiger partial charge in [0.05, 0.1) is 0 Å². The Morgan fingerprint density at radius 2 is 1.00 bits per heavy atom. The van der Waals surface area contributed by atoms with E-state index in [1.807, 2.05) is 30.3 Å². The van der Waals surface area contributed by atoms with Gasteiger partial charge in [-0.05, 0) is 0 Å². The van der Waals surface area contributed by atoms with Crippen LogP contribution in [0.4, 0.5) is 0 Å². The van der Waals surface area contributed by atoms with E-state index in [-0.39, 0.29) is 21.7 Å². The number of rotatable bonds is 3. The zero-order valence-corrected chi connectivity index (χ0v) is 13.8. The molecular weight excluding hydrogens is 312 g/mol. The molecule has 0 radical (unpaired) electrons. The monoisotopic (exact) mass is 325 g/mol. The van der Waals surface area contributed by atoms with Gasteiger partial charge < -0.3 is 0 Å². The summed E-state index contributed by atoms with van der Waals surface area (Å²) in [5.41, 5.74) is 3.41. The molecule has 0 saturated carbocycles. The van der Waals surface area contributed by atoms with E-state index >= 15 is 0 Å². The molecule has 3 aromatic carbocycles. The van der Waals surface area contributed by atoms with Gasteiger partial charge in [0.2, 0.25) is 0 Å². The molecule has 102 valence electrons. The van der Waals surface area contributed by atoms with E-state index in [4.69, 9.17) is 11.6 Å². The minimum atomic E-state index is 0. The van der Waals surface area contributed by atoms with E-state index in [2.05, 4.69) is 54.6 Å². The van der Waals surface area contributed by atoms with Gasteiger partial charge in [0.25, 0.3) is 0 Å². The molecule has 0 aliphatic heterocycles. The largest absolute Gasteiger partial charge is 0.119 e. The minimum absolute atomic E-state index is 0. The van der Waals surface area contributed by atoms with Gasteiger partial charge in [0, 0.05) is 26.7 Å². The summed E-state index contributed by atoms with van der Waals surface area (Å²) in [6.45, 7) is 0. The van der Waals surface area contributed by atoms with Gasteiger partial charge in [-0.3, -0.25) is 0 Å². The van der Waals surface area contributed by atoms with Crippen molar-refractivity contribution in [3.05, 3.63) is 113 Å². The van der Waals surface area contributed by atoms with E-state index in [0.717, 1.165) is 16.5 Å². The molecule has 0 saturated heterocycles. The summed E-state index contributed by atoms with van der Waals surface area (Å²) in [7, 11) is 0. The molecule has 0 amide bonds. The molecule has 0 nitrogen and oxygen atoms in total. The van der Waals surface area contributed by atoms with Crippen LogP contribution in [-0.4, -0.2) is 0 Å². The van der Waals surface area contributed by atoms with Crippen molar-refractivity contribution in [1.29, 1.82) is 0 Å². The predicted octanol–water partition coefficient (Wildman–Crippen LogP) is 5.36. The van der Waals surface area contributed by atoms with Crippen LogP contribution in [0.25, 0.3) is 0 Å². The van der Waals surface area contributed by atoms with Crippen LogP contribution in [0.2, 0.25) is 5.02 Å². The summed E-state index contributed by atoms with van der Waals surface area (Å²) < 4.78 is 0. The van der Waals surface area contributed by atoms with Crippen molar-refractivity contribution in [2.75, 3.05) is 0 Å². The molecule has 3 rings (SSSR count). The van der Waals surface area contributed by atoms with Crippen LogP contribution in [0.1, 0.15) is 16.7 Å². The fourth-order valence-electron chi connectivity index (χ4n) is 2.35. The number of benzene rings is 3. The van der Waals surface area contributed by atoms with Crippen LogP contribution < -0.4 is 0 Å². The molecule has 3 aromatic rings. The van der Waals surface area contributed by atoms with Gasteiger partial charge in [-0.25, -0.2) is 0 Å². The van der Waals surface area contributed by atoms with Gasteiger partial charge in [0.1, 0.15) is 0 Å². The van der Waals surface area contributed by atoms with Crippen molar-refractivity contribution in [2.45, 2.75) is 0 Å².